The maximum absolute atomic E-state index is 12.4. The molecule has 0 aliphatic heterocycles. The lowest BCUT2D eigenvalue weighted by Gasteiger charge is -2.19. The molecule has 0 aliphatic carbocycles. The second-order valence-electron chi connectivity index (χ2n) is 4.75. The van der Waals surface area contributed by atoms with Crippen molar-refractivity contribution in [3.63, 3.8) is 0 Å². The third-order valence-electron chi connectivity index (χ3n) is 3.10. The SMILES string of the molecule is COc1ccc(S(=O)(=O)N(C)CC(C)C(=O)O)cc1C(N)=O. The van der Waals surface area contributed by atoms with Crippen molar-refractivity contribution in [2.75, 3.05) is 20.7 Å². The van der Waals surface area contributed by atoms with Crippen LogP contribution in [0.2, 0.25) is 0 Å². The van der Waals surface area contributed by atoms with Crippen molar-refractivity contribution < 1.29 is 27.9 Å². The number of hydrogen-bond donors (Lipinski definition) is 2. The zero-order valence-electron chi connectivity index (χ0n) is 12.4. The van der Waals surface area contributed by atoms with Crippen molar-refractivity contribution >= 4 is 21.9 Å². The fourth-order valence-electron chi connectivity index (χ4n) is 1.78. The van der Waals surface area contributed by atoms with Gasteiger partial charge in [-0.2, -0.15) is 0 Å². The van der Waals surface area contributed by atoms with E-state index in [0.717, 1.165) is 10.4 Å². The molecule has 0 bridgehead atoms. The summed E-state index contributed by atoms with van der Waals surface area (Å²) in [6, 6.07) is 3.70. The summed E-state index contributed by atoms with van der Waals surface area (Å²) in [5, 5.41) is 8.85. The number of benzene rings is 1. The maximum Gasteiger partial charge on any atom is 0.307 e. The van der Waals surface area contributed by atoms with Gasteiger partial charge in [0.15, 0.2) is 0 Å². The number of sulfonamides is 1. The molecule has 0 saturated carbocycles. The molecule has 0 fully saturated rings. The molecule has 1 unspecified atom stereocenters. The Hall–Kier alpha value is -2.13. The van der Waals surface area contributed by atoms with Crippen LogP contribution in [0.3, 0.4) is 0 Å². The molecule has 0 heterocycles. The Morgan fingerprint density at radius 1 is 1.41 bits per heavy atom. The number of hydrogen-bond acceptors (Lipinski definition) is 5. The quantitative estimate of drug-likeness (QED) is 0.732. The highest BCUT2D eigenvalue weighted by atomic mass is 32.2. The zero-order chi connectivity index (χ0) is 17.1. The van der Waals surface area contributed by atoms with Crippen LogP contribution in [0.1, 0.15) is 17.3 Å². The zero-order valence-corrected chi connectivity index (χ0v) is 13.3. The van der Waals surface area contributed by atoms with E-state index in [1.807, 2.05) is 0 Å². The minimum absolute atomic E-state index is 0.0664. The number of nitrogens with zero attached hydrogens (tertiary/aromatic N) is 1. The van der Waals surface area contributed by atoms with E-state index in [9.17, 15) is 18.0 Å². The lowest BCUT2D eigenvalue weighted by molar-refractivity contribution is -0.141. The second-order valence-corrected chi connectivity index (χ2v) is 6.80. The van der Waals surface area contributed by atoms with Crippen LogP contribution in [0.15, 0.2) is 23.1 Å². The Kier molecular flexibility index (Phi) is 5.50. The third kappa shape index (κ3) is 3.74. The number of amides is 1. The van der Waals surface area contributed by atoms with E-state index in [-0.39, 0.29) is 22.8 Å². The largest absolute Gasteiger partial charge is 0.496 e. The first kappa shape index (κ1) is 17.9. The van der Waals surface area contributed by atoms with E-state index in [4.69, 9.17) is 15.6 Å². The highest BCUT2D eigenvalue weighted by Crippen LogP contribution is 2.24. The van der Waals surface area contributed by atoms with Gasteiger partial charge in [0, 0.05) is 13.6 Å². The molecule has 0 aliphatic rings. The molecule has 1 rings (SSSR count). The first-order valence-corrected chi connectivity index (χ1v) is 7.72. The number of ether oxygens (including phenoxy) is 1. The van der Waals surface area contributed by atoms with Crippen LogP contribution in [-0.2, 0) is 14.8 Å². The first-order chi connectivity index (χ1) is 10.1. The molecule has 8 nitrogen and oxygen atoms in total. The predicted molar refractivity (Wildman–Crippen MR) is 78.1 cm³/mol. The summed E-state index contributed by atoms with van der Waals surface area (Å²) in [5.41, 5.74) is 5.13. The summed E-state index contributed by atoms with van der Waals surface area (Å²) >= 11 is 0. The molecule has 0 radical (unpaired) electrons. The number of primary amides is 1. The fourth-order valence-corrected chi connectivity index (χ4v) is 3.07. The molecule has 9 heteroatoms. The Morgan fingerprint density at radius 2 is 2.00 bits per heavy atom. The van der Waals surface area contributed by atoms with E-state index in [2.05, 4.69) is 0 Å². The molecule has 1 atom stereocenters. The van der Waals surface area contributed by atoms with Crippen molar-refractivity contribution in [2.45, 2.75) is 11.8 Å². The van der Waals surface area contributed by atoms with E-state index in [1.165, 1.54) is 33.2 Å². The van der Waals surface area contributed by atoms with E-state index in [1.54, 1.807) is 0 Å². The van der Waals surface area contributed by atoms with Crippen LogP contribution in [0.4, 0.5) is 0 Å². The summed E-state index contributed by atoms with van der Waals surface area (Å²) in [6.07, 6.45) is 0. The van der Waals surface area contributed by atoms with Crippen molar-refractivity contribution in [3.8, 4) is 5.75 Å². The van der Waals surface area contributed by atoms with Gasteiger partial charge in [-0.1, -0.05) is 6.92 Å². The number of aliphatic carboxylic acids is 1. The summed E-state index contributed by atoms with van der Waals surface area (Å²) < 4.78 is 30.7. The van der Waals surface area contributed by atoms with Crippen LogP contribution in [0.25, 0.3) is 0 Å². The van der Waals surface area contributed by atoms with Crippen molar-refractivity contribution in [2.24, 2.45) is 11.7 Å². The molecule has 122 valence electrons. The second kappa shape index (κ2) is 6.75. The normalized spacial score (nSPS) is 12.9. The van der Waals surface area contributed by atoms with E-state index < -0.39 is 27.8 Å². The molecular weight excluding hydrogens is 312 g/mol. The minimum atomic E-state index is -3.94. The molecule has 0 aromatic heterocycles. The van der Waals surface area contributed by atoms with Gasteiger partial charge in [0.25, 0.3) is 5.91 Å². The fraction of sp³-hybridized carbons (Fsp3) is 0.385. The van der Waals surface area contributed by atoms with Crippen LogP contribution >= 0.6 is 0 Å². The minimum Gasteiger partial charge on any atom is -0.496 e. The smallest absolute Gasteiger partial charge is 0.307 e. The van der Waals surface area contributed by atoms with Gasteiger partial charge in [-0.05, 0) is 18.2 Å². The summed E-state index contributed by atoms with van der Waals surface area (Å²) in [4.78, 5) is 22.0. The molecule has 0 saturated heterocycles. The molecule has 3 N–H and O–H groups in total. The van der Waals surface area contributed by atoms with E-state index in [0.29, 0.717) is 0 Å². The highest BCUT2D eigenvalue weighted by Gasteiger charge is 2.26. The van der Waals surface area contributed by atoms with Gasteiger partial charge < -0.3 is 15.6 Å². The van der Waals surface area contributed by atoms with Crippen molar-refractivity contribution in [1.82, 2.24) is 4.31 Å². The number of rotatable bonds is 7. The molecule has 1 aromatic rings. The molecule has 1 amide bonds. The molecule has 1 aromatic carbocycles. The summed E-state index contributed by atoms with van der Waals surface area (Å²) in [7, 11) is -1.35. The average molecular weight is 330 g/mol. The summed E-state index contributed by atoms with van der Waals surface area (Å²) in [5.74, 6) is -2.63. The Bertz CT molecular complexity index is 686. The highest BCUT2D eigenvalue weighted by molar-refractivity contribution is 7.89. The van der Waals surface area contributed by atoms with Gasteiger partial charge in [0.05, 0.1) is 23.5 Å². The monoisotopic (exact) mass is 330 g/mol. The Balaban J connectivity index is 3.20. The van der Waals surface area contributed by atoms with Crippen LogP contribution in [0.5, 0.6) is 5.75 Å². The van der Waals surface area contributed by atoms with Gasteiger partial charge >= 0.3 is 5.97 Å². The number of nitrogens with two attached hydrogens (primary N) is 1. The van der Waals surface area contributed by atoms with E-state index >= 15 is 0 Å². The number of carbonyl (C=O) groups excluding carboxylic acids is 1. The standard InChI is InChI=1S/C13H18N2O6S/c1-8(13(17)18)7-15(2)22(19,20)9-4-5-11(21-3)10(6-9)12(14)16/h4-6,8H,7H2,1-3H3,(H2,14,16)(H,17,18). The molecular formula is C13H18N2O6S. The van der Waals surface area contributed by atoms with Gasteiger partial charge in [-0.15, -0.1) is 0 Å². The average Bonchev–Trinajstić information content (AvgIpc) is 2.45. The van der Waals surface area contributed by atoms with Gasteiger partial charge in [0.1, 0.15) is 5.75 Å². The van der Waals surface area contributed by atoms with Gasteiger partial charge in [0.2, 0.25) is 10.0 Å². The lowest BCUT2D eigenvalue weighted by Crippen LogP contribution is -2.33. The molecule has 0 spiro atoms. The number of carboxylic acids is 1. The van der Waals surface area contributed by atoms with Gasteiger partial charge in [-0.3, -0.25) is 9.59 Å². The first-order valence-electron chi connectivity index (χ1n) is 6.28. The number of carbonyl (C=O) groups is 2. The van der Waals surface area contributed by atoms with Crippen LogP contribution < -0.4 is 10.5 Å². The third-order valence-corrected chi connectivity index (χ3v) is 4.92. The maximum atomic E-state index is 12.4. The lowest BCUT2D eigenvalue weighted by atomic mass is 10.2. The number of methoxy groups -OCH3 is 1. The van der Waals surface area contributed by atoms with Crippen LogP contribution in [0, 0.1) is 5.92 Å². The van der Waals surface area contributed by atoms with Crippen molar-refractivity contribution in [3.05, 3.63) is 23.8 Å². The number of carboxylic acid groups (broad SMARTS) is 1. The van der Waals surface area contributed by atoms with Crippen LogP contribution in [-0.4, -0.2) is 50.4 Å². The molecule has 22 heavy (non-hydrogen) atoms. The Morgan fingerprint density at radius 3 is 2.45 bits per heavy atom. The predicted octanol–water partition coefficient (Wildman–Crippen LogP) is 0.135. The van der Waals surface area contributed by atoms with Gasteiger partial charge in [-0.25, -0.2) is 12.7 Å². The topological polar surface area (TPSA) is 127 Å². The Labute approximate surface area is 128 Å². The summed E-state index contributed by atoms with van der Waals surface area (Å²) in [6.45, 7) is 1.20. The van der Waals surface area contributed by atoms with Crippen molar-refractivity contribution in [1.29, 1.82) is 0 Å².